The van der Waals surface area contributed by atoms with E-state index in [9.17, 15) is 9.90 Å². The second kappa shape index (κ2) is 6.50. The molecule has 4 nitrogen and oxygen atoms in total. The summed E-state index contributed by atoms with van der Waals surface area (Å²) in [5.74, 6) is 0.321. The van der Waals surface area contributed by atoms with Gasteiger partial charge in [0, 0.05) is 5.02 Å². The number of ether oxygens (including phenoxy) is 1. The molecular weight excluding hydrogens is 290 g/mol. The van der Waals surface area contributed by atoms with Crippen LogP contribution >= 0.6 is 11.6 Å². The summed E-state index contributed by atoms with van der Waals surface area (Å²) >= 11 is 5.95. The molecule has 0 unspecified atom stereocenters. The van der Waals surface area contributed by atoms with Crippen LogP contribution in [0.15, 0.2) is 36.4 Å². The van der Waals surface area contributed by atoms with Gasteiger partial charge in [0.25, 0.3) is 5.91 Å². The second-order valence-corrected chi connectivity index (χ2v) is 5.16. The minimum Gasteiger partial charge on any atom is -0.506 e. The first-order valence-corrected chi connectivity index (χ1v) is 6.82. The van der Waals surface area contributed by atoms with Crippen molar-refractivity contribution in [3.8, 4) is 11.5 Å². The van der Waals surface area contributed by atoms with E-state index in [0.29, 0.717) is 16.5 Å². The monoisotopic (exact) mass is 305 g/mol. The largest absolute Gasteiger partial charge is 0.506 e. The summed E-state index contributed by atoms with van der Waals surface area (Å²) in [4.78, 5) is 11.9. The SMILES string of the molecule is Cc1cc(Cl)cc(C)c1OCC(=O)Nc1ccccc1O. The summed E-state index contributed by atoms with van der Waals surface area (Å²) in [6.07, 6.45) is 0. The lowest BCUT2D eigenvalue weighted by Gasteiger charge is -2.13. The fourth-order valence-corrected chi connectivity index (χ4v) is 2.36. The van der Waals surface area contributed by atoms with Crippen molar-refractivity contribution in [3.63, 3.8) is 0 Å². The van der Waals surface area contributed by atoms with Gasteiger partial charge >= 0.3 is 0 Å². The number of phenolic OH excluding ortho intramolecular Hbond substituents is 1. The van der Waals surface area contributed by atoms with Crippen molar-refractivity contribution in [2.75, 3.05) is 11.9 Å². The van der Waals surface area contributed by atoms with Crippen molar-refractivity contribution in [2.45, 2.75) is 13.8 Å². The number of para-hydroxylation sites is 2. The molecule has 0 aromatic heterocycles. The van der Waals surface area contributed by atoms with E-state index in [1.807, 2.05) is 13.8 Å². The molecule has 110 valence electrons. The Hall–Kier alpha value is -2.20. The van der Waals surface area contributed by atoms with Crippen LogP contribution in [0.5, 0.6) is 11.5 Å². The van der Waals surface area contributed by atoms with Crippen LogP contribution in [0.1, 0.15) is 11.1 Å². The molecule has 2 aromatic carbocycles. The fraction of sp³-hybridized carbons (Fsp3) is 0.188. The molecule has 0 aliphatic carbocycles. The Balaban J connectivity index is 2.01. The molecule has 2 rings (SSSR count). The number of halogens is 1. The van der Waals surface area contributed by atoms with E-state index in [0.717, 1.165) is 11.1 Å². The van der Waals surface area contributed by atoms with Crippen molar-refractivity contribution in [2.24, 2.45) is 0 Å². The van der Waals surface area contributed by atoms with Gasteiger partial charge in [-0.2, -0.15) is 0 Å². The molecule has 0 heterocycles. The molecule has 0 radical (unpaired) electrons. The van der Waals surface area contributed by atoms with E-state index in [1.54, 1.807) is 30.3 Å². The lowest BCUT2D eigenvalue weighted by atomic mass is 10.1. The maximum absolute atomic E-state index is 11.9. The molecule has 0 bridgehead atoms. The lowest BCUT2D eigenvalue weighted by molar-refractivity contribution is -0.118. The molecule has 0 atom stereocenters. The Bertz CT molecular complexity index is 647. The van der Waals surface area contributed by atoms with Crippen molar-refractivity contribution >= 4 is 23.2 Å². The lowest BCUT2D eigenvalue weighted by Crippen LogP contribution is -2.20. The molecule has 0 saturated carbocycles. The Morgan fingerprint density at radius 1 is 1.24 bits per heavy atom. The topological polar surface area (TPSA) is 58.6 Å². The Morgan fingerprint density at radius 2 is 1.86 bits per heavy atom. The van der Waals surface area contributed by atoms with Gasteiger partial charge in [-0.3, -0.25) is 4.79 Å². The van der Waals surface area contributed by atoms with Crippen molar-refractivity contribution in [1.29, 1.82) is 0 Å². The maximum Gasteiger partial charge on any atom is 0.262 e. The molecule has 21 heavy (non-hydrogen) atoms. The third kappa shape index (κ3) is 3.89. The smallest absolute Gasteiger partial charge is 0.262 e. The molecule has 2 aromatic rings. The van der Waals surface area contributed by atoms with Gasteiger partial charge in [-0.15, -0.1) is 0 Å². The predicted molar refractivity (Wildman–Crippen MR) is 83.2 cm³/mol. The zero-order chi connectivity index (χ0) is 15.4. The van der Waals surface area contributed by atoms with Crippen molar-refractivity contribution in [3.05, 3.63) is 52.5 Å². The van der Waals surface area contributed by atoms with Crippen molar-refractivity contribution < 1.29 is 14.6 Å². The maximum atomic E-state index is 11.9. The molecule has 1 amide bonds. The van der Waals surface area contributed by atoms with Gasteiger partial charge in [-0.25, -0.2) is 0 Å². The van der Waals surface area contributed by atoms with Gasteiger partial charge in [-0.1, -0.05) is 23.7 Å². The molecular formula is C16H16ClNO3. The molecule has 0 saturated heterocycles. The number of phenols is 1. The quantitative estimate of drug-likeness (QED) is 0.847. The van der Waals surface area contributed by atoms with Crippen LogP contribution in [0.4, 0.5) is 5.69 Å². The molecule has 0 aliphatic heterocycles. The minimum atomic E-state index is -0.342. The zero-order valence-electron chi connectivity index (χ0n) is 11.8. The third-order valence-electron chi connectivity index (χ3n) is 2.95. The number of hydrogen-bond donors (Lipinski definition) is 2. The summed E-state index contributed by atoms with van der Waals surface area (Å²) in [6, 6.07) is 10.1. The number of rotatable bonds is 4. The summed E-state index contributed by atoms with van der Waals surface area (Å²) in [7, 11) is 0. The van der Waals surface area contributed by atoms with Crippen LogP contribution in [0, 0.1) is 13.8 Å². The average Bonchev–Trinajstić information content (AvgIpc) is 2.40. The van der Waals surface area contributed by atoms with Gasteiger partial charge in [-0.05, 0) is 49.2 Å². The highest BCUT2D eigenvalue weighted by Gasteiger charge is 2.10. The van der Waals surface area contributed by atoms with E-state index in [1.165, 1.54) is 6.07 Å². The number of aryl methyl sites for hydroxylation is 2. The zero-order valence-corrected chi connectivity index (χ0v) is 12.6. The van der Waals surface area contributed by atoms with E-state index in [-0.39, 0.29) is 18.3 Å². The van der Waals surface area contributed by atoms with Gasteiger partial charge in [0.15, 0.2) is 6.61 Å². The van der Waals surface area contributed by atoms with Crippen molar-refractivity contribution in [1.82, 2.24) is 0 Å². The van der Waals surface area contributed by atoms with Gasteiger partial charge in [0.05, 0.1) is 5.69 Å². The highest BCUT2D eigenvalue weighted by molar-refractivity contribution is 6.30. The second-order valence-electron chi connectivity index (χ2n) is 4.72. The number of aromatic hydroxyl groups is 1. The van der Waals surface area contributed by atoms with E-state index in [4.69, 9.17) is 16.3 Å². The molecule has 2 N–H and O–H groups in total. The highest BCUT2D eigenvalue weighted by Crippen LogP contribution is 2.27. The van der Waals surface area contributed by atoms with Crippen LogP contribution in [0.25, 0.3) is 0 Å². The number of nitrogens with one attached hydrogen (secondary N) is 1. The highest BCUT2D eigenvalue weighted by atomic mass is 35.5. The Kier molecular flexibility index (Phi) is 4.70. The normalized spacial score (nSPS) is 10.2. The van der Waals surface area contributed by atoms with E-state index < -0.39 is 0 Å². The number of anilines is 1. The number of hydrogen-bond acceptors (Lipinski definition) is 3. The van der Waals surface area contributed by atoms with Crippen LogP contribution in [0.2, 0.25) is 5.02 Å². The Labute approximate surface area is 128 Å². The first kappa shape index (κ1) is 15.2. The standard InChI is InChI=1S/C16H16ClNO3/c1-10-7-12(17)8-11(2)16(10)21-9-15(20)18-13-5-3-4-6-14(13)19/h3-8,19H,9H2,1-2H3,(H,18,20). The molecule has 5 heteroatoms. The third-order valence-corrected chi connectivity index (χ3v) is 3.17. The van der Waals surface area contributed by atoms with Crippen LogP contribution < -0.4 is 10.1 Å². The van der Waals surface area contributed by atoms with Gasteiger partial charge in [0.2, 0.25) is 0 Å². The first-order valence-electron chi connectivity index (χ1n) is 6.45. The summed E-state index contributed by atoms with van der Waals surface area (Å²) in [5.41, 5.74) is 2.10. The molecule has 0 spiro atoms. The molecule has 0 fully saturated rings. The van der Waals surface area contributed by atoms with E-state index >= 15 is 0 Å². The fourth-order valence-electron chi connectivity index (χ4n) is 2.03. The van der Waals surface area contributed by atoms with Crippen LogP contribution in [-0.4, -0.2) is 17.6 Å². The van der Waals surface area contributed by atoms with Gasteiger partial charge < -0.3 is 15.2 Å². The molecule has 0 aliphatic rings. The number of benzene rings is 2. The van der Waals surface area contributed by atoms with Crippen LogP contribution in [0.3, 0.4) is 0 Å². The van der Waals surface area contributed by atoms with Crippen LogP contribution in [-0.2, 0) is 4.79 Å². The number of amides is 1. The first-order chi connectivity index (χ1) is 9.97. The average molecular weight is 306 g/mol. The number of carbonyl (C=O) groups excluding carboxylic acids is 1. The summed E-state index contributed by atoms with van der Waals surface area (Å²) in [5, 5.41) is 12.8. The van der Waals surface area contributed by atoms with Gasteiger partial charge in [0.1, 0.15) is 11.5 Å². The summed E-state index contributed by atoms with van der Waals surface area (Å²) < 4.78 is 5.54. The minimum absolute atomic E-state index is 0.0182. The predicted octanol–water partition coefficient (Wildman–Crippen LogP) is 3.68. The van der Waals surface area contributed by atoms with E-state index in [2.05, 4.69) is 5.32 Å². The Morgan fingerprint density at radius 3 is 2.48 bits per heavy atom. The number of carbonyl (C=O) groups is 1. The summed E-state index contributed by atoms with van der Waals surface area (Å²) in [6.45, 7) is 3.60.